The quantitative estimate of drug-likeness (QED) is 0.300. The number of pyridine rings is 1. The van der Waals surface area contributed by atoms with Crippen molar-refractivity contribution in [3.05, 3.63) is 106 Å². The fraction of sp³-hybridized carbons (Fsp3) is 0.212. The SMILES string of the molecule is O=C(NCCN1C(=O)SC(=Cc2ccc3c(c2)OCO3)C1=O)c1c2c(nc3ccccc13)CCN(Cc1ccccc1)C2. The first-order chi connectivity index (χ1) is 21.0. The Morgan fingerprint density at radius 3 is 2.70 bits per heavy atom. The summed E-state index contributed by atoms with van der Waals surface area (Å²) in [5.74, 6) is 0.627. The third-order valence-corrected chi connectivity index (χ3v) is 8.70. The first-order valence-corrected chi connectivity index (χ1v) is 14.9. The molecule has 0 saturated carbocycles. The third kappa shape index (κ3) is 5.47. The number of hydrogen-bond acceptors (Lipinski definition) is 8. The fourth-order valence-electron chi connectivity index (χ4n) is 5.70. The highest BCUT2D eigenvalue weighted by molar-refractivity contribution is 8.18. The summed E-state index contributed by atoms with van der Waals surface area (Å²) < 4.78 is 10.8. The number of benzene rings is 3. The number of nitrogens with one attached hydrogen (secondary N) is 1. The van der Waals surface area contributed by atoms with Crippen LogP contribution in [0.15, 0.2) is 77.7 Å². The van der Waals surface area contributed by atoms with Crippen LogP contribution in [0.5, 0.6) is 11.5 Å². The molecule has 0 unspecified atom stereocenters. The Bertz CT molecular complexity index is 1790. The van der Waals surface area contributed by atoms with Gasteiger partial charge in [0.25, 0.3) is 17.1 Å². The van der Waals surface area contributed by atoms with E-state index in [4.69, 9.17) is 14.5 Å². The molecule has 7 rings (SSSR count). The molecule has 3 aliphatic heterocycles. The van der Waals surface area contributed by atoms with E-state index < -0.39 is 0 Å². The van der Waals surface area contributed by atoms with Gasteiger partial charge in [0.2, 0.25) is 6.79 Å². The van der Waals surface area contributed by atoms with E-state index in [9.17, 15) is 14.4 Å². The molecule has 0 atom stereocenters. The largest absolute Gasteiger partial charge is 0.454 e. The minimum Gasteiger partial charge on any atom is -0.454 e. The number of fused-ring (bicyclic) bond motifs is 3. The Balaban J connectivity index is 1.06. The molecule has 4 heterocycles. The molecule has 1 N–H and O–H groups in total. The van der Waals surface area contributed by atoms with Gasteiger partial charge in [-0.15, -0.1) is 0 Å². The van der Waals surface area contributed by atoms with Gasteiger partial charge in [0.05, 0.1) is 16.0 Å². The molecule has 216 valence electrons. The highest BCUT2D eigenvalue weighted by Crippen LogP contribution is 2.36. The summed E-state index contributed by atoms with van der Waals surface area (Å²) >= 11 is 0.886. The Hall–Kier alpha value is -4.67. The number of amides is 3. The summed E-state index contributed by atoms with van der Waals surface area (Å²) in [5, 5.41) is 3.40. The molecule has 1 saturated heterocycles. The average molecular weight is 593 g/mol. The minimum atomic E-state index is -0.384. The topological polar surface area (TPSA) is 101 Å². The predicted octanol–water partition coefficient (Wildman–Crippen LogP) is 4.99. The van der Waals surface area contributed by atoms with E-state index >= 15 is 0 Å². The molecular weight excluding hydrogens is 564 g/mol. The molecular formula is C33H28N4O5S. The van der Waals surface area contributed by atoms with Crippen LogP contribution in [0, 0.1) is 0 Å². The summed E-state index contributed by atoms with van der Waals surface area (Å²) in [6.07, 6.45) is 2.42. The number of thioether (sulfide) groups is 1. The Morgan fingerprint density at radius 1 is 1.00 bits per heavy atom. The lowest BCUT2D eigenvalue weighted by Crippen LogP contribution is -2.38. The summed E-state index contributed by atoms with van der Waals surface area (Å²) in [6, 6.07) is 23.3. The van der Waals surface area contributed by atoms with Gasteiger partial charge in [0.15, 0.2) is 11.5 Å². The first-order valence-electron chi connectivity index (χ1n) is 14.1. The van der Waals surface area contributed by atoms with Crippen LogP contribution in [-0.4, -0.2) is 58.3 Å². The maximum atomic E-state index is 13.7. The molecule has 4 aromatic rings. The van der Waals surface area contributed by atoms with Crippen molar-refractivity contribution in [3.63, 3.8) is 0 Å². The molecule has 0 bridgehead atoms. The number of carbonyl (C=O) groups excluding carboxylic acids is 3. The number of hydrogen-bond donors (Lipinski definition) is 1. The molecule has 10 heteroatoms. The highest BCUT2D eigenvalue weighted by Gasteiger charge is 2.35. The van der Waals surface area contributed by atoms with E-state index in [1.807, 2.05) is 48.5 Å². The fourth-order valence-corrected chi connectivity index (χ4v) is 6.56. The van der Waals surface area contributed by atoms with Gasteiger partial charge >= 0.3 is 0 Å². The summed E-state index contributed by atoms with van der Waals surface area (Å²) in [6.45, 7) is 2.61. The molecule has 0 spiro atoms. The van der Waals surface area contributed by atoms with Crippen molar-refractivity contribution >= 4 is 45.8 Å². The maximum absolute atomic E-state index is 13.7. The van der Waals surface area contributed by atoms with Crippen molar-refractivity contribution in [3.8, 4) is 11.5 Å². The van der Waals surface area contributed by atoms with Crippen molar-refractivity contribution in [2.45, 2.75) is 19.5 Å². The molecule has 1 aromatic heterocycles. The third-order valence-electron chi connectivity index (χ3n) is 7.79. The number of para-hydroxylation sites is 1. The van der Waals surface area contributed by atoms with Gasteiger partial charge in [-0.3, -0.25) is 29.2 Å². The van der Waals surface area contributed by atoms with Gasteiger partial charge in [-0.05, 0) is 47.2 Å². The van der Waals surface area contributed by atoms with E-state index in [-0.39, 0.29) is 36.9 Å². The van der Waals surface area contributed by atoms with Crippen LogP contribution >= 0.6 is 11.8 Å². The number of carbonyl (C=O) groups is 3. The lowest BCUT2D eigenvalue weighted by Gasteiger charge is -2.30. The predicted molar refractivity (Wildman–Crippen MR) is 164 cm³/mol. The van der Waals surface area contributed by atoms with Crippen molar-refractivity contribution in [2.75, 3.05) is 26.4 Å². The summed E-state index contributed by atoms with van der Waals surface area (Å²) in [5.41, 5.74) is 5.20. The van der Waals surface area contributed by atoms with E-state index in [0.29, 0.717) is 28.5 Å². The molecule has 0 radical (unpaired) electrons. The van der Waals surface area contributed by atoms with Crippen LogP contribution in [0.1, 0.15) is 32.7 Å². The monoisotopic (exact) mass is 592 g/mol. The van der Waals surface area contributed by atoms with Crippen molar-refractivity contribution in [1.82, 2.24) is 20.1 Å². The number of ether oxygens (including phenoxy) is 2. The highest BCUT2D eigenvalue weighted by atomic mass is 32.2. The van der Waals surface area contributed by atoms with Crippen molar-refractivity contribution in [2.24, 2.45) is 0 Å². The Labute approximate surface area is 252 Å². The van der Waals surface area contributed by atoms with Gasteiger partial charge in [0.1, 0.15) is 0 Å². The van der Waals surface area contributed by atoms with Crippen LogP contribution in [0.25, 0.3) is 17.0 Å². The smallest absolute Gasteiger partial charge is 0.293 e. The van der Waals surface area contributed by atoms with Gasteiger partial charge in [-0.2, -0.15) is 0 Å². The Morgan fingerprint density at radius 2 is 1.81 bits per heavy atom. The average Bonchev–Trinajstić information content (AvgIpc) is 3.59. The minimum absolute atomic E-state index is 0.0697. The molecule has 1 fully saturated rings. The lowest BCUT2D eigenvalue weighted by molar-refractivity contribution is -0.122. The second-order valence-corrected chi connectivity index (χ2v) is 11.6. The van der Waals surface area contributed by atoms with Gasteiger partial charge < -0.3 is 14.8 Å². The standard InChI is InChI=1S/C33H28N4O5S/c38-31(34-13-15-37-32(39)29(43-33(37)40)17-22-10-11-27-28(16-22)42-20-41-27)30-23-8-4-5-9-25(23)35-26-12-14-36(19-24(26)30)18-21-6-2-1-3-7-21/h1-11,16-17H,12-15,18-20H2,(H,34,38). The van der Waals surface area contributed by atoms with Crippen molar-refractivity contribution < 1.29 is 23.9 Å². The second kappa shape index (κ2) is 11.5. The molecule has 9 nitrogen and oxygen atoms in total. The van der Waals surface area contributed by atoms with E-state index in [2.05, 4.69) is 22.3 Å². The molecule has 43 heavy (non-hydrogen) atoms. The lowest BCUT2D eigenvalue weighted by atomic mass is 9.95. The van der Waals surface area contributed by atoms with E-state index in [1.165, 1.54) is 10.5 Å². The van der Waals surface area contributed by atoms with Crippen LogP contribution in [0.3, 0.4) is 0 Å². The summed E-state index contributed by atoms with van der Waals surface area (Å²) in [7, 11) is 0. The normalized spacial score (nSPS) is 17.1. The number of imide groups is 1. The number of rotatable bonds is 7. The molecule has 3 aliphatic rings. The van der Waals surface area contributed by atoms with E-state index in [1.54, 1.807) is 18.2 Å². The van der Waals surface area contributed by atoms with Gasteiger partial charge in [0, 0.05) is 55.8 Å². The van der Waals surface area contributed by atoms with Crippen molar-refractivity contribution in [1.29, 1.82) is 0 Å². The summed E-state index contributed by atoms with van der Waals surface area (Å²) in [4.78, 5) is 48.3. The second-order valence-electron chi connectivity index (χ2n) is 10.6. The Kier molecular flexibility index (Phi) is 7.30. The van der Waals surface area contributed by atoms with E-state index in [0.717, 1.165) is 59.0 Å². The van der Waals surface area contributed by atoms with Crippen LogP contribution < -0.4 is 14.8 Å². The number of nitrogens with zero attached hydrogens (tertiary/aromatic N) is 3. The molecule has 3 aromatic carbocycles. The van der Waals surface area contributed by atoms with Crippen LogP contribution in [-0.2, 0) is 24.3 Å². The van der Waals surface area contributed by atoms with Gasteiger partial charge in [-0.1, -0.05) is 54.6 Å². The zero-order valence-corrected chi connectivity index (χ0v) is 24.1. The number of aromatic nitrogens is 1. The first kappa shape index (κ1) is 27.2. The molecule has 0 aliphatic carbocycles. The maximum Gasteiger partial charge on any atom is 0.293 e. The van der Waals surface area contributed by atoms with Crippen LogP contribution in [0.2, 0.25) is 0 Å². The van der Waals surface area contributed by atoms with Gasteiger partial charge in [-0.25, -0.2) is 0 Å². The van der Waals surface area contributed by atoms with Crippen LogP contribution in [0.4, 0.5) is 4.79 Å². The zero-order chi connectivity index (χ0) is 29.3. The zero-order valence-electron chi connectivity index (χ0n) is 23.2. The molecule has 3 amide bonds.